The van der Waals surface area contributed by atoms with Gasteiger partial charge < -0.3 is 31.3 Å². The third-order valence-corrected chi connectivity index (χ3v) is 3.72. The van der Waals surface area contributed by atoms with Crippen LogP contribution in [0.4, 0.5) is 0 Å². The Morgan fingerprint density at radius 3 is 2.06 bits per heavy atom. The number of carboxylic acids is 2. The van der Waals surface area contributed by atoms with E-state index in [1.54, 1.807) is 0 Å². The summed E-state index contributed by atoms with van der Waals surface area (Å²) in [6, 6.07) is 7.40. The number of aliphatic carboxylic acids is 2. The number of carbonyl (C=O) groups is 3. The SMILES string of the molecule is CC(C)C[C@@H](N)C(=O)O.O=C(N[C@@H](Cc1ccccc1)C(=O)O)c1cnccn1.OBO. The lowest BCUT2D eigenvalue weighted by atomic mass is 10.1. The molecular formula is C20H29BN4O7. The third-order valence-electron chi connectivity index (χ3n) is 3.72. The van der Waals surface area contributed by atoms with Crippen molar-refractivity contribution in [3.8, 4) is 0 Å². The molecule has 1 aromatic heterocycles. The van der Waals surface area contributed by atoms with Crippen molar-refractivity contribution in [2.45, 2.75) is 38.8 Å². The number of rotatable bonds is 8. The van der Waals surface area contributed by atoms with E-state index >= 15 is 0 Å². The van der Waals surface area contributed by atoms with Crippen molar-refractivity contribution in [3.63, 3.8) is 0 Å². The van der Waals surface area contributed by atoms with Crippen LogP contribution < -0.4 is 11.1 Å². The highest BCUT2D eigenvalue weighted by molar-refractivity contribution is 6.13. The van der Waals surface area contributed by atoms with Crippen molar-refractivity contribution < 1.29 is 34.6 Å². The lowest BCUT2D eigenvalue weighted by molar-refractivity contribution is -0.140. The third kappa shape index (κ3) is 13.1. The maximum Gasteiger partial charge on any atom is 0.432 e. The second-order valence-corrected chi connectivity index (χ2v) is 6.86. The quantitative estimate of drug-likeness (QED) is 0.289. The Bertz CT molecular complexity index is 810. The highest BCUT2D eigenvalue weighted by Crippen LogP contribution is 2.04. The van der Waals surface area contributed by atoms with Gasteiger partial charge >= 0.3 is 19.6 Å². The lowest BCUT2D eigenvalue weighted by Crippen LogP contribution is -2.42. The summed E-state index contributed by atoms with van der Waals surface area (Å²) in [6.07, 6.45) is 4.87. The predicted molar refractivity (Wildman–Crippen MR) is 118 cm³/mol. The van der Waals surface area contributed by atoms with E-state index in [1.165, 1.54) is 18.6 Å². The van der Waals surface area contributed by atoms with E-state index in [1.807, 2.05) is 44.2 Å². The fourth-order valence-corrected chi connectivity index (χ4v) is 2.31. The van der Waals surface area contributed by atoms with Gasteiger partial charge in [-0.05, 0) is 17.9 Å². The standard InChI is InChI=1S/C14H13N3O3.C6H13NO2.BH3O2/c18-13(12-9-15-6-7-16-12)17-11(14(19)20)8-10-4-2-1-3-5-10;1-4(2)3-5(7)6(8)9;2-1-3/h1-7,9,11H,8H2,(H,17,18)(H,19,20);4-5H,3,7H2,1-2H3,(H,8,9);1-3H/t11-;5-;/m01./s1. The van der Waals surface area contributed by atoms with Crippen molar-refractivity contribution in [3.05, 3.63) is 60.2 Å². The zero-order valence-electron chi connectivity index (χ0n) is 18.0. The summed E-state index contributed by atoms with van der Waals surface area (Å²) in [5.41, 5.74) is 6.14. The van der Waals surface area contributed by atoms with Gasteiger partial charge in [0, 0.05) is 18.8 Å². The topological polar surface area (TPSA) is 196 Å². The molecule has 0 aliphatic rings. The Hall–Kier alpha value is -3.35. The molecule has 0 unspecified atom stereocenters. The van der Waals surface area contributed by atoms with E-state index in [-0.39, 0.29) is 12.1 Å². The molecule has 0 bridgehead atoms. The molecule has 2 atom stereocenters. The van der Waals surface area contributed by atoms with E-state index in [0.717, 1.165) is 5.56 Å². The number of nitrogens with one attached hydrogen (secondary N) is 1. The van der Waals surface area contributed by atoms with Crippen LogP contribution in [0.5, 0.6) is 0 Å². The molecule has 2 rings (SSSR count). The van der Waals surface area contributed by atoms with Gasteiger partial charge in [-0.15, -0.1) is 0 Å². The van der Waals surface area contributed by atoms with E-state index in [4.69, 9.17) is 20.9 Å². The first-order valence-corrected chi connectivity index (χ1v) is 9.66. The monoisotopic (exact) mass is 448 g/mol. The smallest absolute Gasteiger partial charge is 0.432 e. The molecule has 1 aromatic carbocycles. The largest absolute Gasteiger partial charge is 0.480 e. The molecule has 174 valence electrons. The molecule has 12 heteroatoms. The summed E-state index contributed by atoms with van der Waals surface area (Å²) in [5, 5.41) is 34.2. The zero-order valence-corrected chi connectivity index (χ0v) is 18.0. The first-order chi connectivity index (χ1) is 15.1. The van der Waals surface area contributed by atoms with Gasteiger partial charge in [-0.1, -0.05) is 44.2 Å². The minimum Gasteiger partial charge on any atom is -0.480 e. The van der Waals surface area contributed by atoms with Crippen LogP contribution in [0.2, 0.25) is 0 Å². The summed E-state index contributed by atoms with van der Waals surface area (Å²) in [7, 11) is -0.750. The van der Waals surface area contributed by atoms with Crippen LogP contribution in [0.3, 0.4) is 0 Å². The summed E-state index contributed by atoms with van der Waals surface area (Å²) >= 11 is 0. The fraction of sp³-hybridized carbons (Fsp3) is 0.350. The van der Waals surface area contributed by atoms with Crippen LogP contribution in [0.15, 0.2) is 48.9 Å². The normalized spacial score (nSPS) is 11.6. The van der Waals surface area contributed by atoms with Gasteiger partial charge in [0.05, 0.1) is 6.20 Å². The maximum absolute atomic E-state index is 11.9. The number of amides is 1. The number of hydrogen-bond acceptors (Lipinski definition) is 8. The van der Waals surface area contributed by atoms with Crippen LogP contribution >= 0.6 is 0 Å². The van der Waals surface area contributed by atoms with Gasteiger partial charge in [0.15, 0.2) is 0 Å². The molecule has 0 aliphatic carbocycles. The average Bonchev–Trinajstić information content (AvgIpc) is 2.75. The number of carbonyl (C=O) groups excluding carboxylic acids is 1. The molecule has 2 aromatic rings. The van der Waals surface area contributed by atoms with Crippen molar-refractivity contribution in [1.29, 1.82) is 0 Å². The molecule has 0 spiro atoms. The van der Waals surface area contributed by atoms with Crippen molar-refractivity contribution in [1.82, 2.24) is 15.3 Å². The molecule has 0 radical (unpaired) electrons. The van der Waals surface area contributed by atoms with Crippen LogP contribution in [0.1, 0.15) is 36.3 Å². The Morgan fingerprint density at radius 1 is 1.06 bits per heavy atom. The van der Waals surface area contributed by atoms with Crippen LogP contribution in [-0.4, -0.2) is 67.8 Å². The van der Waals surface area contributed by atoms with E-state index in [9.17, 15) is 19.5 Å². The lowest BCUT2D eigenvalue weighted by Gasteiger charge is -2.14. The fourth-order valence-electron chi connectivity index (χ4n) is 2.31. The number of nitrogens with zero attached hydrogens (tertiary/aromatic N) is 2. The highest BCUT2D eigenvalue weighted by Gasteiger charge is 2.21. The molecule has 1 heterocycles. The highest BCUT2D eigenvalue weighted by atomic mass is 16.4. The number of aromatic nitrogens is 2. The summed E-state index contributed by atoms with van der Waals surface area (Å²) in [6.45, 7) is 3.89. The molecule has 7 N–H and O–H groups in total. The maximum atomic E-state index is 11.9. The molecule has 32 heavy (non-hydrogen) atoms. The number of carboxylic acid groups (broad SMARTS) is 2. The van der Waals surface area contributed by atoms with Crippen molar-refractivity contribution in [2.24, 2.45) is 11.7 Å². The van der Waals surface area contributed by atoms with E-state index < -0.39 is 37.6 Å². The van der Waals surface area contributed by atoms with E-state index in [0.29, 0.717) is 12.3 Å². The summed E-state index contributed by atoms with van der Waals surface area (Å²) in [4.78, 5) is 40.8. The molecule has 0 saturated carbocycles. The second kappa shape index (κ2) is 16.4. The van der Waals surface area contributed by atoms with Crippen LogP contribution in [0, 0.1) is 5.92 Å². The zero-order chi connectivity index (χ0) is 24.5. The molecule has 0 fully saturated rings. The predicted octanol–water partition coefficient (Wildman–Crippen LogP) is -0.416. The minimum absolute atomic E-state index is 0.0896. The Labute approximate surface area is 186 Å². The Kier molecular flexibility index (Phi) is 14.7. The van der Waals surface area contributed by atoms with Gasteiger partial charge in [0.1, 0.15) is 17.8 Å². The number of nitrogens with two attached hydrogens (primary N) is 1. The Balaban J connectivity index is 0.000000672. The van der Waals surface area contributed by atoms with Gasteiger partial charge in [-0.3, -0.25) is 14.6 Å². The minimum atomic E-state index is -1.09. The first kappa shape index (κ1) is 28.7. The average molecular weight is 448 g/mol. The summed E-state index contributed by atoms with van der Waals surface area (Å²) < 4.78 is 0. The molecule has 0 saturated heterocycles. The van der Waals surface area contributed by atoms with Crippen molar-refractivity contribution >= 4 is 25.5 Å². The molecular weight excluding hydrogens is 419 g/mol. The number of hydrogen-bond donors (Lipinski definition) is 6. The van der Waals surface area contributed by atoms with Gasteiger partial charge in [-0.2, -0.15) is 0 Å². The van der Waals surface area contributed by atoms with E-state index in [2.05, 4.69) is 15.3 Å². The van der Waals surface area contributed by atoms with Crippen molar-refractivity contribution in [2.75, 3.05) is 0 Å². The molecule has 1 amide bonds. The second-order valence-electron chi connectivity index (χ2n) is 6.86. The van der Waals surface area contributed by atoms with Gasteiger partial charge in [0.25, 0.3) is 5.91 Å². The summed E-state index contributed by atoms with van der Waals surface area (Å²) in [5.74, 6) is -2.20. The Morgan fingerprint density at radius 2 is 1.66 bits per heavy atom. The van der Waals surface area contributed by atoms with Gasteiger partial charge in [0.2, 0.25) is 0 Å². The number of benzene rings is 1. The first-order valence-electron chi connectivity index (χ1n) is 9.66. The van der Waals surface area contributed by atoms with Gasteiger partial charge in [-0.25, -0.2) is 9.78 Å². The van der Waals surface area contributed by atoms with Crippen LogP contribution in [0.25, 0.3) is 0 Å². The molecule has 11 nitrogen and oxygen atoms in total. The van der Waals surface area contributed by atoms with Crippen LogP contribution in [-0.2, 0) is 16.0 Å². The molecule has 0 aliphatic heterocycles.